The largest absolute Gasteiger partial charge is 0.325 e. The van der Waals surface area contributed by atoms with Crippen LogP contribution in [0.5, 0.6) is 0 Å². The number of amides is 1. The van der Waals surface area contributed by atoms with Gasteiger partial charge in [-0.25, -0.2) is 8.78 Å². The van der Waals surface area contributed by atoms with Crippen molar-refractivity contribution in [2.75, 3.05) is 5.32 Å². The predicted molar refractivity (Wildman–Crippen MR) is 116 cm³/mol. The smallest absolute Gasteiger partial charge is 0.234 e. The summed E-state index contributed by atoms with van der Waals surface area (Å²) in [6.45, 7) is 5.81. The number of benzene rings is 2. The first-order valence-electron chi connectivity index (χ1n) is 10.3. The zero-order chi connectivity index (χ0) is 22.3. The van der Waals surface area contributed by atoms with Crippen molar-refractivity contribution in [3.05, 3.63) is 77.0 Å². The van der Waals surface area contributed by atoms with Gasteiger partial charge >= 0.3 is 0 Å². The van der Waals surface area contributed by atoms with Crippen LogP contribution in [-0.2, 0) is 9.59 Å². The second kappa shape index (κ2) is 7.84. The zero-order valence-corrected chi connectivity index (χ0v) is 17.7. The molecule has 0 saturated heterocycles. The van der Waals surface area contributed by atoms with Gasteiger partial charge in [-0.15, -0.1) is 0 Å². The SMILES string of the molecule is CC1=NC2=C(C(=O)CC(C)(C)C2)[C@@H](c2ccc(F)cc2)C1C(=O)Nc1cccc(F)c1. The Balaban J connectivity index is 1.79. The normalized spacial score (nSPS) is 22.6. The van der Waals surface area contributed by atoms with Crippen molar-refractivity contribution in [3.63, 3.8) is 0 Å². The summed E-state index contributed by atoms with van der Waals surface area (Å²) in [5.74, 6) is -2.62. The maximum atomic E-state index is 13.6. The summed E-state index contributed by atoms with van der Waals surface area (Å²) < 4.78 is 27.2. The van der Waals surface area contributed by atoms with Crippen molar-refractivity contribution in [1.82, 2.24) is 0 Å². The van der Waals surface area contributed by atoms with Gasteiger partial charge < -0.3 is 5.32 Å². The molecule has 4 rings (SSSR count). The molecule has 4 nitrogen and oxygen atoms in total. The van der Waals surface area contributed by atoms with Gasteiger partial charge in [0.2, 0.25) is 5.91 Å². The van der Waals surface area contributed by atoms with E-state index in [1.54, 1.807) is 25.1 Å². The quantitative estimate of drug-likeness (QED) is 0.718. The number of hydrogen-bond donors (Lipinski definition) is 1. The molecular weight excluding hydrogens is 398 g/mol. The van der Waals surface area contributed by atoms with Gasteiger partial charge in [0.1, 0.15) is 11.6 Å². The molecule has 0 aromatic heterocycles. The summed E-state index contributed by atoms with van der Waals surface area (Å²) in [5, 5.41) is 2.75. The van der Waals surface area contributed by atoms with Crippen molar-refractivity contribution in [1.29, 1.82) is 0 Å². The van der Waals surface area contributed by atoms with E-state index in [-0.39, 0.29) is 17.1 Å². The van der Waals surface area contributed by atoms with E-state index in [9.17, 15) is 18.4 Å². The summed E-state index contributed by atoms with van der Waals surface area (Å²) in [6, 6.07) is 11.5. The third-order valence-corrected chi connectivity index (χ3v) is 5.91. The first-order valence-corrected chi connectivity index (χ1v) is 10.3. The molecule has 1 N–H and O–H groups in total. The van der Waals surface area contributed by atoms with E-state index in [1.807, 2.05) is 13.8 Å². The van der Waals surface area contributed by atoms with Crippen LogP contribution in [0.15, 0.2) is 64.8 Å². The van der Waals surface area contributed by atoms with Crippen LogP contribution in [-0.4, -0.2) is 17.4 Å². The van der Waals surface area contributed by atoms with Gasteiger partial charge in [-0.2, -0.15) is 0 Å². The molecule has 2 atom stereocenters. The summed E-state index contributed by atoms with van der Waals surface area (Å²) >= 11 is 0. The van der Waals surface area contributed by atoms with Gasteiger partial charge in [0.15, 0.2) is 5.78 Å². The molecule has 160 valence electrons. The molecule has 0 bridgehead atoms. The molecule has 6 heteroatoms. The van der Waals surface area contributed by atoms with Gasteiger partial charge in [-0.1, -0.05) is 32.0 Å². The number of carbonyl (C=O) groups excluding carboxylic acids is 2. The molecule has 0 radical (unpaired) electrons. The maximum absolute atomic E-state index is 13.6. The van der Waals surface area contributed by atoms with E-state index in [4.69, 9.17) is 0 Å². The fraction of sp³-hybridized carbons (Fsp3) is 0.320. The van der Waals surface area contributed by atoms with Gasteiger partial charge in [-0.3, -0.25) is 14.6 Å². The first-order chi connectivity index (χ1) is 14.6. The van der Waals surface area contributed by atoms with Crippen molar-refractivity contribution in [3.8, 4) is 0 Å². The van der Waals surface area contributed by atoms with Crippen molar-refractivity contribution in [2.45, 2.75) is 39.5 Å². The van der Waals surface area contributed by atoms with Gasteiger partial charge in [0.25, 0.3) is 0 Å². The molecule has 1 aliphatic carbocycles. The fourth-order valence-electron chi connectivity index (χ4n) is 4.60. The topological polar surface area (TPSA) is 58.5 Å². The molecule has 2 aliphatic rings. The van der Waals surface area contributed by atoms with Crippen LogP contribution in [0.2, 0.25) is 0 Å². The maximum Gasteiger partial charge on any atom is 0.234 e. The van der Waals surface area contributed by atoms with Crippen molar-refractivity contribution < 1.29 is 18.4 Å². The third-order valence-electron chi connectivity index (χ3n) is 5.91. The first kappa shape index (κ1) is 21.1. The Morgan fingerprint density at radius 1 is 1.06 bits per heavy atom. The van der Waals surface area contributed by atoms with E-state index in [1.165, 1.54) is 30.3 Å². The monoisotopic (exact) mass is 422 g/mol. The molecule has 31 heavy (non-hydrogen) atoms. The predicted octanol–water partition coefficient (Wildman–Crippen LogP) is 5.42. The lowest BCUT2D eigenvalue weighted by Crippen LogP contribution is -2.41. The van der Waals surface area contributed by atoms with Crippen LogP contribution in [0.1, 0.15) is 45.1 Å². The van der Waals surface area contributed by atoms with E-state index < -0.39 is 23.5 Å². The molecular formula is C25H24F2N2O2. The van der Waals surface area contributed by atoms with E-state index in [0.717, 1.165) is 0 Å². The lowest BCUT2D eigenvalue weighted by atomic mass is 9.66. The van der Waals surface area contributed by atoms with Crippen LogP contribution >= 0.6 is 0 Å². The minimum absolute atomic E-state index is 0.0413. The Kier molecular flexibility index (Phi) is 5.33. The molecule has 1 unspecified atom stereocenters. The summed E-state index contributed by atoms with van der Waals surface area (Å²) in [6.07, 6.45) is 0.984. The third kappa shape index (κ3) is 4.20. The lowest BCUT2D eigenvalue weighted by molar-refractivity contribution is -0.119. The highest BCUT2D eigenvalue weighted by atomic mass is 19.1. The Bertz CT molecular complexity index is 1120. The summed E-state index contributed by atoms with van der Waals surface area (Å²) in [7, 11) is 0. The van der Waals surface area contributed by atoms with Gasteiger partial charge in [0.05, 0.1) is 5.92 Å². The molecule has 1 heterocycles. The standard InChI is InChI=1S/C25H24F2N2O2/c1-14-21(24(31)29-18-6-4-5-17(27)11-18)22(15-7-9-16(26)10-8-15)23-19(28-14)12-25(2,3)13-20(23)30/h4-11,21-22H,12-13H2,1-3H3,(H,29,31)/t21?,22-/m0/s1. The van der Waals surface area contributed by atoms with Crippen molar-refractivity contribution >= 4 is 23.1 Å². The Morgan fingerprint density at radius 2 is 1.77 bits per heavy atom. The van der Waals surface area contributed by atoms with Crippen LogP contribution in [0.4, 0.5) is 14.5 Å². The number of nitrogens with one attached hydrogen (secondary N) is 1. The fourth-order valence-corrected chi connectivity index (χ4v) is 4.60. The van der Waals surface area contributed by atoms with Gasteiger partial charge in [0, 0.05) is 35.0 Å². The highest BCUT2D eigenvalue weighted by Crippen LogP contribution is 2.47. The zero-order valence-electron chi connectivity index (χ0n) is 17.7. The summed E-state index contributed by atoms with van der Waals surface area (Å²) in [5.41, 5.74) is 2.58. The molecule has 0 spiro atoms. The van der Waals surface area contributed by atoms with Crippen molar-refractivity contribution in [2.24, 2.45) is 16.3 Å². The molecule has 1 amide bonds. The number of anilines is 1. The number of hydrogen-bond acceptors (Lipinski definition) is 3. The highest BCUT2D eigenvalue weighted by molar-refractivity contribution is 6.13. The Hall–Kier alpha value is -3.15. The number of aliphatic imine (C=N–C) groups is 1. The molecule has 2 aromatic carbocycles. The summed E-state index contributed by atoms with van der Waals surface area (Å²) in [4.78, 5) is 31.2. The van der Waals surface area contributed by atoms with Crippen LogP contribution in [0, 0.1) is 23.0 Å². The lowest BCUT2D eigenvalue weighted by Gasteiger charge is -2.39. The number of allylic oxidation sites excluding steroid dienone is 2. The number of nitrogens with zero attached hydrogens (tertiary/aromatic N) is 1. The van der Waals surface area contributed by atoms with Gasteiger partial charge in [-0.05, 0) is 54.7 Å². The number of carbonyl (C=O) groups is 2. The molecule has 1 aliphatic heterocycles. The average Bonchev–Trinajstić information content (AvgIpc) is 2.66. The number of rotatable bonds is 3. The van der Waals surface area contributed by atoms with E-state index >= 15 is 0 Å². The van der Waals surface area contributed by atoms with E-state index in [2.05, 4.69) is 10.3 Å². The second-order valence-electron chi connectivity index (χ2n) is 9.06. The Morgan fingerprint density at radius 3 is 2.45 bits per heavy atom. The van der Waals surface area contributed by atoms with Crippen LogP contribution < -0.4 is 5.32 Å². The number of halogens is 2. The molecule has 0 saturated carbocycles. The highest BCUT2D eigenvalue weighted by Gasteiger charge is 2.45. The second-order valence-corrected chi connectivity index (χ2v) is 9.06. The minimum atomic E-state index is -0.766. The number of Topliss-reactive ketones (excluding diaryl/α,β-unsaturated/α-hetero) is 1. The van der Waals surface area contributed by atoms with Crippen LogP contribution in [0.3, 0.4) is 0 Å². The minimum Gasteiger partial charge on any atom is -0.325 e. The van der Waals surface area contributed by atoms with Crippen LogP contribution in [0.25, 0.3) is 0 Å². The molecule has 2 aromatic rings. The number of ketones is 1. The average molecular weight is 422 g/mol. The molecule has 0 fully saturated rings. The Labute approximate surface area is 180 Å². The van der Waals surface area contributed by atoms with E-state index in [0.29, 0.717) is 41.1 Å².